The fourth-order valence-electron chi connectivity index (χ4n) is 2.20. The molecule has 0 aliphatic heterocycles. The van der Waals surface area contributed by atoms with Gasteiger partial charge in [-0.3, -0.25) is 0 Å². The van der Waals surface area contributed by atoms with Crippen LogP contribution in [0.25, 0.3) is 22.3 Å². The first-order valence-corrected chi connectivity index (χ1v) is 7.41. The van der Waals surface area contributed by atoms with Crippen molar-refractivity contribution in [2.45, 2.75) is 20.8 Å². The van der Waals surface area contributed by atoms with Crippen molar-refractivity contribution in [3.63, 3.8) is 0 Å². The molecule has 1 heterocycles. The minimum atomic E-state index is 0.922. The van der Waals surface area contributed by atoms with Crippen molar-refractivity contribution in [1.29, 1.82) is 0 Å². The average molecular weight is 281 g/mol. The van der Waals surface area contributed by atoms with Crippen LogP contribution in [-0.4, -0.2) is 14.1 Å². The Bertz CT molecular complexity index is 708. The van der Waals surface area contributed by atoms with E-state index in [0.29, 0.717) is 0 Å². The second-order valence-corrected chi connectivity index (χ2v) is 5.09. The maximum atomic E-state index is 5.92. The SMILES string of the molecule is CC.Cc1ccc2cc(-c3ccc(N(C)C)cc3)oc2c1. The van der Waals surface area contributed by atoms with E-state index in [4.69, 9.17) is 4.42 Å². The molecule has 0 spiro atoms. The van der Waals surface area contributed by atoms with Gasteiger partial charge < -0.3 is 9.32 Å². The Balaban J connectivity index is 0.000000774. The van der Waals surface area contributed by atoms with Crippen LogP contribution >= 0.6 is 0 Å². The minimum absolute atomic E-state index is 0.922. The standard InChI is InChI=1S/C17H17NO.C2H6/c1-12-4-5-14-11-17(19-16(14)10-12)13-6-8-15(9-7-13)18(2)3;1-2/h4-11H,1-3H3;1-2H3. The highest BCUT2D eigenvalue weighted by molar-refractivity contribution is 5.83. The summed E-state index contributed by atoms with van der Waals surface area (Å²) in [6, 6.07) is 16.8. The summed E-state index contributed by atoms with van der Waals surface area (Å²) in [6.07, 6.45) is 0. The lowest BCUT2D eigenvalue weighted by molar-refractivity contribution is 0.631. The Kier molecular flexibility index (Phi) is 4.69. The van der Waals surface area contributed by atoms with Gasteiger partial charge >= 0.3 is 0 Å². The van der Waals surface area contributed by atoms with Crippen molar-refractivity contribution in [2.24, 2.45) is 0 Å². The zero-order chi connectivity index (χ0) is 15.4. The molecule has 0 saturated heterocycles. The van der Waals surface area contributed by atoms with E-state index in [1.54, 1.807) is 0 Å². The van der Waals surface area contributed by atoms with Crippen molar-refractivity contribution in [3.8, 4) is 11.3 Å². The second kappa shape index (κ2) is 6.49. The molecule has 2 nitrogen and oxygen atoms in total. The third kappa shape index (κ3) is 3.27. The van der Waals surface area contributed by atoms with Crippen LogP contribution in [0, 0.1) is 6.92 Å². The van der Waals surface area contributed by atoms with Crippen LogP contribution in [0.3, 0.4) is 0 Å². The van der Waals surface area contributed by atoms with Crippen molar-refractivity contribution in [2.75, 3.05) is 19.0 Å². The molecule has 110 valence electrons. The molecule has 0 fully saturated rings. The number of anilines is 1. The average Bonchev–Trinajstić information content (AvgIpc) is 2.92. The first-order chi connectivity index (χ1) is 10.1. The number of benzene rings is 2. The normalized spacial score (nSPS) is 10.1. The predicted molar refractivity (Wildman–Crippen MR) is 92.1 cm³/mol. The van der Waals surface area contributed by atoms with Crippen LogP contribution < -0.4 is 4.90 Å². The smallest absolute Gasteiger partial charge is 0.135 e. The van der Waals surface area contributed by atoms with Crippen LogP contribution in [0.15, 0.2) is 52.9 Å². The Hall–Kier alpha value is -2.22. The van der Waals surface area contributed by atoms with E-state index in [1.807, 2.05) is 27.9 Å². The first-order valence-electron chi connectivity index (χ1n) is 7.41. The Labute approximate surface area is 127 Å². The van der Waals surface area contributed by atoms with Crippen molar-refractivity contribution in [1.82, 2.24) is 0 Å². The molecular weight excluding hydrogens is 258 g/mol. The number of aryl methyl sites for hydroxylation is 1. The lowest BCUT2D eigenvalue weighted by Gasteiger charge is -2.11. The molecule has 0 unspecified atom stereocenters. The number of nitrogens with zero attached hydrogens (tertiary/aromatic N) is 1. The van der Waals surface area contributed by atoms with Gasteiger partial charge in [0.2, 0.25) is 0 Å². The van der Waals surface area contributed by atoms with Gasteiger partial charge in [0.25, 0.3) is 0 Å². The van der Waals surface area contributed by atoms with E-state index >= 15 is 0 Å². The van der Waals surface area contributed by atoms with Gasteiger partial charge in [-0.2, -0.15) is 0 Å². The summed E-state index contributed by atoms with van der Waals surface area (Å²) in [5, 5.41) is 1.15. The molecule has 21 heavy (non-hydrogen) atoms. The topological polar surface area (TPSA) is 16.4 Å². The van der Waals surface area contributed by atoms with Gasteiger partial charge in [0.1, 0.15) is 11.3 Å². The van der Waals surface area contributed by atoms with Crippen molar-refractivity contribution in [3.05, 3.63) is 54.1 Å². The highest BCUT2D eigenvalue weighted by Gasteiger charge is 2.06. The van der Waals surface area contributed by atoms with Gasteiger partial charge in [-0.1, -0.05) is 26.0 Å². The molecule has 0 amide bonds. The second-order valence-electron chi connectivity index (χ2n) is 5.09. The first kappa shape index (κ1) is 15.2. The lowest BCUT2D eigenvalue weighted by Crippen LogP contribution is -2.07. The molecule has 2 heteroatoms. The van der Waals surface area contributed by atoms with Crippen molar-refractivity contribution >= 4 is 16.7 Å². The largest absolute Gasteiger partial charge is 0.456 e. The molecule has 0 aliphatic rings. The fraction of sp³-hybridized carbons (Fsp3) is 0.263. The molecule has 3 aromatic rings. The van der Waals surface area contributed by atoms with Crippen LogP contribution in [0.5, 0.6) is 0 Å². The molecule has 1 aromatic heterocycles. The highest BCUT2D eigenvalue weighted by Crippen LogP contribution is 2.29. The Morgan fingerprint density at radius 1 is 0.857 bits per heavy atom. The molecule has 2 aromatic carbocycles. The number of fused-ring (bicyclic) bond motifs is 1. The van der Waals surface area contributed by atoms with Crippen molar-refractivity contribution < 1.29 is 4.42 Å². The fourth-order valence-corrected chi connectivity index (χ4v) is 2.20. The molecule has 0 N–H and O–H groups in total. The number of hydrogen-bond donors (Lipinski definition) is 0. The van der Waals surface area contributed by atoms with Crippen LogP contribution in [0.1, 0.15) is 19.4 Å². The summed E-state index contributed by atoms with van der Waals surface area (Å²) in [7, 11) is 4.08. The summed E-state index contributed by atoms with van der Waals surface area (Å²) in [5.41, 5.74) is 4.47. The van der Waals surface area contributed by atoms with E-state index in [2.05, 4.69) is 60.4 Å². The quantitative estimate of drug-likeness (QED) is 0.616. The Morgan fingerprint density at radius 2 is 1.52 bits per heavy atom. The predicted octanol–water partition coefficient (Wildman–Crippen LogP) is 5.50. The van der Waals surface area contributed by atoms with Gasteiger partial charge in [0, 0.05) is 30.7 Å². The molecule has 0 aliphatic carbocycles. The highest BCUT2D eigenvalue weighted by atomic mass is 16.3. The van der Waals surface area contributed by atoms with E-state index in [9.17, 15) is 0 Å². The van der Waals surface area contributed by atoms with Crippen LogP contribution in [-0.2, 0) is 0 Å². The maximum Gasteiger partial charge on any atom is 0.135 e. The minimum Gasteiger partial charge on any atom is -0.456 e. The summed E-state index contributed by atoms with van der Waals surface area (Å²) < 4.78 is 5.92. The van der Waals surface area contributed by atoms with E-state index in [0.717, 1.165) is 22.3 Å². The van der Waals surface area contributed by atoms with Crippen LogP contribution in [0.4, 0.5) is 5.69 Å². The lowest BCUT2D eigenvalue weighted by atomic mass is 10.1. The van der Waals surface area contributed by atoms with E-state index < -0.39 is 0 Å². The molecule has 0 saturated carbocycles. The molecule has 0 atom stereocenters. The van der Waals surface area contributed by atoms with Gasteiger partial charge in [-0.15, -0.1) is 0 Å². The molecule has 0 radical (unpaired) electrons. The number of hydrogen-bond acceptors (Lipinski definition) is 2. The van der Waals surface area contributed by atoms with Gasteiger partial charge in [0.15, 0.2) is 0 Å². The summed E-state index contributed by atoms with van der Waals surface area (Å²) in [4.78, 5) is 2.09. The Morgan fingerprint density at radius 3 is 2.14 bits per heavy atom. The summed E-state index contributed by atoms with van der Waals surface area (Å²) in [6.45, 7) is 6.08. The number of rotatable bonds is 2. The van der Waals surface area contributed by atoms with Gasteiger partial charge in [-0.05, 0) is 48.9 Å². The number of furan rings is 1. The molecule has 0 bridgehead atoms. The zero-order valence-electron chi connectivity index (χ0n) is 13.5. The summed E-state index contributed by atoms with van der Waals surface area (Å²) >= 11 is 0. The monoisotopic (exact) mass is 281 g/mol. The maximum absolute atomic E-state index is 5.92. The summed E-state index contributed by atoms with van der Waals surface area (Å²) in [5.74, 6) is 0.922. The van der Waals surface area contributed by atoms with Gasteiger partial charge in [-0.25, -0.2) is 0 Å². The molecule has 3 rings (SSSR count). The molecular formula is C19H23NO. The van der Waals surface area contributed by atoms with E-state index in [1.165, 1.54) is 11.3 Å². The third-order valence-electron chi connectivity index (χ3n) is 3.34. The van der Waals surface area contributed by atoms with Gasteiger partial charge in [0.05, 0.1) is 0 Å². The zero-order valence-corrected chi connectivity index (χ0v) is 13.5. The van der Waals surface area contributed by atoms with E-state index in [-0.39, 0.29) is 0 Å². The van der Waals surface area contributed by atoms with Crippen LogP contribution in [0.2, 0.25) is 0 Å². The third-order valence-corrected chi connectivity index (χ3v) is 3.34.